The number of rotatable bonds is 59. The smallest absolute Gasteiger partial charge is 0.306 e. The van der Waals surface area contributed by atoms with Crippen molar-refractivity contribution in [1.29, 1.82) is 0 Å². The van der Waals surface area contributed by atoms with Crippen LogP contribution in [-0.2, 0) is 23.8 Å². The highest BCUT2D eigenvalue weighted by Gasteiger charge is 2.18. The summed E-state index contributed by atoms with van der Waals surface area (Å²) in [6.07, 6.45) is 71.0. The molecule has 1 unspecified atom stereocenters. The third-order valence-corrected chi connectivity index (χ3v) is 14.3. The zero-order valence-corrected chi connectivity index (χ0v) is 46.7. The molecule has 0 aromatic carbocycles. The van der Waals surface area contributed by atoms with Crippen molar-refractivity contribution in [2.45, 2.75) is 361 Å². The van der Waals surface area contributed by atoms with Crippen LogP contribution >= 0.6 is 0 Å². The van der Waals surface area contributed by atoms with E-state index in [9.17, 15) is 9.59 Å². The van der Waals surface area contributed by atoms with E-state index in [1.54, 1.807) is 0 Å². The molecule has 68 heavy (non-hydrogen) atoms. The molecule has 0 bridgehead atoms. The van der Waals surface area contributed by atoms with Gasteiger partial charge in [-0.15, -0.1) is 0 Å². The maximum Gasteiger partial charge on any atom is 0.306 e. The van der Waals surface area contributed by atoms with Crippen LogP contribution in [0.4, 0.5) is 0 Å². The summed E-state index contributed by atoms with van der Waals surface area (Å²) in [4.78, 5) is 25.6. The average Bonchev–Trinajstić information content (AvgIpc) is 3.34. The van der Waals surface area contributed by atoms with Gasteiger partial charge in [-0.05, 0) is 44.9 Å². The predicted molar refractivity (Wildman–Crippen MR) is 298 cm³/mol. The zero-order chi connectivity index (χ0) is 49.2. The Morgan fingerprint density at radius 2 is 0.574 bits per heavy atom. The number of esters is 2. The molecular formula is C63H122O5. The third-order valence-electron chi connectivity index (χ3n) is 14.3. The predicted octanol–water partition coefficient (Wildman–Crippen LogP) is 21.4. The topological polar surface area (TPSA) is 61.8 Å². The quantitative estimate of drug-likeness (QED) is 0.0345. The largest absolute Gasteiger partial charge is 0.462 e. The van der Waals surface area contributed by atoms with Crippen LogP contribution in [0.3, 0.4) is 0 Å². The molecule has 0 N–H and O–H groups in total. The van der Waals surface area contributed by atoms with Crippen molar-refractivity contribution < 1.29 is 23.8 Å². The van der Waals surface area contributed by atoms with Crippen LogP contribution in [0.15, 0.2) is 12.2 Å². The number of ether oxygens (including phenoxy) is 3. The molecule has 0 saturated heterocycles. The first-order valence-electron chi connectivity index (χ1n) is 31.2. The zero-order valence-electron chi connectivity index (χ0n) is 46.7. The first kappa shape index (κ1) is 66.6. The summed E-state index contributed by atoms with van der Waals surface area (Å²) in [6, 6.07) is 0. The summed E-state index contributed by atoms with van der Waals surface area (Å²) in [5.74, 6) is -0.377. The molecule has 0 spiro atoms. The molecule has 0 radical (unpaired) electrons. The van der Waals surface area contributed by atoms with E-state index in [1.165, 1.54) is 276 Å². The summed E-state index contributed by atoms with van der Waals surface area (Å²) in [6.45, 7) is 7.91. The van der Waals surface area contributed by atoms with E-state index in [1.807, 2.05) is 0 Å². The Kier molecular flexibility index (Phi) is 58.7. The summed E-state index contributed by atoms with van der Waals surface area (Å²) < 4.78 is 17.5. The minimum atomic E-state index is -0.532. The van der Waals surface area contributed by atoms with Gasteiger partial charge in [-0.25, -0.2) is 0 Å². The second-order valence-corrected chi connectivity index (χ2v) is 21.3. The molecule has 0 fully saturated rings. The standard InChI is InChI=1S/C63H122O5/c1-4-7-10-13-16-19-22-25-28-30-31-32-34-37-40-43-46-49-52-55-58-66-59-61(68-63(65)57-54-51-48-45-42-39-35-27-24-21-18-15-12-9-6-3)60-67-62(64)56-53-50-47-44-41-38-36-33-29-26-23-20-17-14-11-8-5-2/h27,35,61H,4-26,28-34,36-60H2,1-3H3/b35-27-. The fourth-order valence-corrected chi connectivity index (χ4v) is 9.63. The molecule has 0 amide bonds. The lowest BCUT2D eigenvalue weighted by Gasteiger charge is -2.18. The Balaban J connectivity index is 4.19. The van der Waals surface area contributed by atoms with Gasteiger partial charge >= 0.3 is 11.9 Å². The Hall–Kier alpha value is -1.36. The molecule has 1 atom stereocenters. The summed E-state index contributed by atoms with van der Waals surface area (Å²) in [7, 11) is 0. The maximum atomic E-state index is 12.9. The number of hydrogen-bond acceptors (Lipinski definition) is 5. The monoisotopic (exact) mass is 959 g/mol. The molecule has 0 aliphatic heterocycles. The first-order chi connectivity index (χ1) is 33.6. The molecule has 0 aromatic rings. The summed E-state index contributed by atoms with van der Waals surface area (Å²) in [5, 5.41) is 0. The van der Waals surface area contributed by atoms with Gasteiger partial charge in [-0.3, -0.25) is 9.59 Å². The van der Waals surface area contributed by atoms with Crippen LogP contribution < -0.4 is 0 Å². The first-order valence-corrected chi connectivity index (χ1v) is 31.2. The SMILES string of the molecule is CCCCCCCC/C=C\CCCCCCCC(=O)OC(COCCCCCCCCCCCCCCCCCCCCCC)COC(=O)CCCCCCCCCCCCCCCCCCC. The van der Waals surface area contributed by atoms with Gasteiger partial charge in [0, 0.05) is 19.4 Å². The fourth-order valence-electron chi connectivity index (χ4n) is 9.63. The van der Waals surface area contributed by atoms with Crippen LogP contribution in [-0.4, -0.2) is 37.9 Å². The van der Waals surface area contributed by atoms with E-state index in [0.717, 1.165) is 44.9 Å². The molecule has 0 aromatic heterocycles. The lowest BCUT2D eigenvalue weighted by Crippen LogP contribution is -2.30. The normalized spacial score (nSPS) is 12.1. The van der Waals surface area contributed by atoms with E-state index in [2.05, 4.69) is 32.9 Å². The molecule has 0 saturated carbocycles. The van der Waals surface area contributed by atoms with Crippen LogP contribution in [0.2, 0.25) is 0 Å². The number of carbonyl (C=O) groups excluding carboxylic acids is 2. The van der Waals surface area contributed by atoms with Gasteiger partial charge in [-0.2, -0.15) is 0 Å². The van der Waals surface area contributed by atoms with Crippen LogP contribution in [0.1, 0.15) is 355 Å². The van der Waals surface area contributed by atoms with Gasteiger partial charge in [0.2, 0.25) is 0 Å². The lowest BCUT2D eigenvalue weighted by atomic mass is 10.0. The minimum absolute atomic E-state index is 0.0924. The lowest BCUT2D eigenvalue weighted by molar-refractivity contribution is -0.163. The number of unbranched alkanes of at least 4 members (excludes halogenated alkanes) is 46. The molecule has 0 heterocycles. The molecule has 0 rings (SSSR count). The van der Waals surface area contributed by atoms with E-state index >= 15 is 0 Å². The van der Waals surface area contributed by atoms with E-state index in [0.29, 0.717) is 26.1 Å². The molecule has 404 valence electrons. The van der Waals surface area contributed by atoms with Gasteiger partial charge in [-0.1, -0.05) is 309 Å². The Bertz CT molecular complexity index is 994. The van der Waals surface area contributed by atoms with Crippen molar-refractivity contribution in [3.05, 3.63) is 12.2 Å². The van der Waals surface area contributed by atoms with Crippen molar-refractivity contribution in [1.82, 2.24) is 0 Å². The highest BCUT2D eigenvalue weighted by molar-refractivity contribution is 5.70. The highest BCUT2D eigenvalue weighted by Crippen LogP contribution is 2.18. The van der Waals surface area contributed by atoms with Crippen molar-refractivity contribution in [2.75, 3.05) is 19.8 Å². The molecule has 0 aliphatic carbocycles. The van der Waals surface area contributed by atoms with Gasteiger partial charge in [0.15, 0.2) is 6.10 Å². The number of hydrogen-bond donors (Lipinski definition) is 0. The Labute approximate surface area is 426 Å². The van der Waals surface area contributed by atoms with E-state index < -0.39 is 6.10 Å². The second kappa shape index (κ2) is 59.9. The van der Waals surface area contributed by atoms with E-state index in [4.69, 9.17) is 14.2 Å². The second-order valence-electron chi connectivity index (χ2n) is 21.3. The Morgan fingerprint density at radius 1 is 0.309 bits per heavy atom. The van der Waals surface area contributed by atoms with Gasteiger partial charge in [0.05, 0.1) is 6.61 Å². The van der Waals surface area contributed by atoms with E-state index in [-0.39, 0.29) is 18.5 Å². The summed E-state index contributed by atoms with van der Waals surface area (Å²) in [5.41, 5.74) is 0. The number of carbonyl (C=O) groups is 2. The van der Waals surface area contributed by atoms with Crippen LogP contribution in [0.25, 0.3) is 0 Å². The maximum absolute atomic E-state index is 12.9. The molecular weight excluding hydrogens is 837 g/mol. The van der Waals surface area contributed by atoms with Crippen LogP contribution in [0, 0.1) is 0 Å². The molecule has 5 nitrogen and oxygen atoms in total. The average molecular weight is 960 g/mol. The fraction of sp³-hybridized carbons (Fsp3) is 0.937. The van der Waals surface area contributed by atoms with Crippen molar-refractivity contribution in [3.63, 3.8) is 0 Å². The summed E-state index contributed by atoms with van der Waals surface area (Å²) >= 11 is 0. The highest BCUT2D eigenvalue weighted by atomic mass is 16.6. The van der Waals surface area contributed by atoms with Gasteiger partial charge in [0.25, 0.3) is 0 Å². The Morgan fingerprint density at radius 3 is 0.897 bits per heavy atom. The number of allylic oxidation sites excluding steroid dienone is 2. The minimum Gasteiger partial charge on any atom is -0.462 e. The van der Waals surface area contributed by atoms with Gasteiger partial charge in [0.1, 0.15) is 6.61 Å². The van der Waals surface area contributed by atoms with Crippen molar-refractivity contribution in [3.8, 4) is 0 Å². The molecule has 0 aliphatic rings. The molecule has 5 heteroatoms. The third kappa shape index (κ3) is 57.2. The van der Waals surface area contributed by atoms with Crippen molar-refractivity contribution in [2.24, 2.45) is 0 Å². The van der Waals surface area contributed by atoms with Crippen molar-refractivity contribution >= 4 is 11.9 Å². The van der Waals surface area contributed by atoms with Crippen LogP contribution in [0.5, 0.6) is 0 Å². The van der Waals surface area contributed by atoms with Gasteiger partial charge < -0.3 is 14.2 Å².